The van der Waals surface area contributed by atoms with Crippen molar-refractivity contribution in [3.63, 3.8) is 0 Å². The lowest BCUT2D eigenvalue weighted by molar-refractivity contribution is -0.140. The van der Waals surface area contributed by atoms with E-state index in [9.17, 15) is 36.0 Å². The van der Waals surface area contributed by atoms with E-state index in [1.54, 1.807) is 18.2 Å². The van der Waals surface area contributed by atoms with Crippen molar-refractivity contribution in [1.29, 1.82) is 0 Å². The SMILES string of the molecule is O=C1N[C@]2(C(=O)NS(=O)(=O)C3CC3)C[C@H]2C=CCCCCC[C@H](Nc2cccc(C(F)(F)F)c2)C(=O)N2C[C@H](Oc3nc4ccc(Cl)cc4s3)C[C@@H]12. The number of hydrogen-bond donors (Lipinski definition) is 3. The second-order valence-electron chi connectivity index (χ2n) is 13.9. The molecule has 5 atom stereocenters. The fourth-order valence-electron chi connectivity index (χ4n) is 6.90. The average molecular weight is 780 g/mol. The van der Waals surface area contributed by atoms with Gasteiger partial charge < -0.3 is 20.3 Å². The van der Waals surface area contributed by atoms with Crippen LogP contribution >= 0.6 is 22.9 Å². The number of halogens is 4. The number of carbonyl (C=O) groups excluding carboxylic acids is 3. The van der Waals surface area contributed by atoms with Crippen LogP contribution in [0.5, 0.6) is 5.19 Å². The number of alkyl halides is 3. The Kier molecular flexibility index (Phi) is 9.93. The van der Waals surface area contributed by atoms with Gasteiger partial charge in [0.15, 0.2) is 0 Å². The van der Waals surface area contributed by atoms with Crippen LogP contribution in [0, 0.1) is 5.92 Å². The summed E-state index contributed by atoms with van der Waals surface area (Å²) in [5, 5.41) is 5.99. The second kappa shape index (κ2) is 14.2. The number of rotatable bonds is 7. The van der Waals surface area contributed by atoms with Gasteiger partial charge in [0.1, 0.15) is 23.7 Å². The highest BCUT2D eigenvalue weighted by Crippen LogP contribution is 2.46. The van der Waals surface area contributed by atoms with Gasteiger partial charge in [0, 0.05) is 23.0 Å². The molecule has 11 nitrogen and oxygen atoms in total. The van der Waals surface area contributed by atoms with Crippen LogP contribution in [0.2, 0.25) is 5.02 Å². The first-order chi connectivity index (χ1) is 24.7. The number of benzene rings is 2. The number of sulfonamides is 1. The van der Waals surface area contributed by atoms with Crippen molar-refractivity contribution in [2.24, 2.45) is 5.92 Å². The van der Waals surface area contributed by atoms with Crippen LogP contribution in [0.3, 0.4) is 0 Å². The van der Waals surface area contributed by atoms with Crippen LogP contribution in [0.4, 0.5) is 18.9 Å². The zero-order valence-corrected chi connectivity index (χ0v) is 30.2. The summed E-state index contributed by atoms with van der Waals surface area (Å²) in [7, 11) is -3.92. The van der Waals surface area contributed by atoms with Crippen LogP contribution in [0.25, 0.3) is 10.2 Å². The Balaban J connectivity index is 1.19. The van der Waals surface area contributed by atoms with Crippen LogP contribution in [0.15, 0.2) is 54.6 Å². The van der Waals surface area contributed by atoms with Crippen LogP contribution in [-0.2, 0) is 30.6 Å². The molecule has 0 spiro atoms. The van der Waals surface area contributed by atoms with Crippen molar-refractivity contribution in [1.82, 2.24) is 19.9 Å². The summed E-state index contributed by atoms with van der Waals surface area (Å²) in [6.45, 7) is -0.0487. The third-order valence-electron chi connectivity index (χ3n) is 9.97. The van der Waals surface area contributed by atoms with Gasteiger partial charge in [-0.2, -0.15) is 13.2 Å². The number of hydrogen-bond acceptors (Lipinski definition) is 9. The smallest absolute Gasteiger partial charge is 0.416 e. The molecule has 1 saturated heterocycles. The second-order valence-corrected chi connectivity index (χ2v) is 17.3. The predicted octanol–water partition coefficient (Wildman–Crippen LogP) is 5.80. The Bertz CT molecular complexity index is 2020. The first-order valence-corrected chi connectivity index (χ1v) is 20.0. The van der Waals surface area contributed by atoms with Crippen molar-refractivity contribution >= 4 is 66.6 Å². The predicted molar refractivity (Wildman–Crippen MR) is 189 cm³/mol. The zero-order valence-electron chi connectivity index (χ0n) is 27.8. The van der Waals surface area contributed by atoms with Gasteiger partial charge in [0.25, 0.3) is 11.1 Å². The fraction of sp³-hybridized carbons (Fsp3) is 0.486. The quantitative estimate of drug-likeness (QED) is 0.255. The summed E-state index contributed by atoms with van der Waals surface area (Å²) in [5.41, 5.74) is -1.66. The molecule has 0 unspecified atom stereocenters. The monoisotopic (exact) mass is 779 g/mol. The van der Waals surface area contributed by atoms with Crippen molar-refractivity contribution in [3.8, 4) is 5.19 Å². The normalized spacial score (nSPS) is 27.2. The molecule has 2 aliphatic carbocycles. The third-order valence-corrected chi connectivity index (χ3v) is 12.9. The van der Waals surface area contributed by atoms with E-state index in [1.807, 2.05) is 12.2 Å². The molecule has 3 fully saturated rings. The largest absolute Gasteiger partial charge is 0.465 e. The molecule has 0 radical (unpaired) electrons. The number of amides is 3. The van der Waals surface area contributed by atoms with E-state index in [4.69, 9.17) is 16.3 Å². The van der Waals surface area contributed by atoms with E-state index in [0.29, 0.717) is 47.8 Å². The van der Waals surface area contributed by atoms with Gasteiger partial charge in [0.2, 0.25) is 21.8 Å². The maximum absolute atomic E-state index is 14.5. The van der Waals surface area contributed by atoms with Gasteiger partial charge >= 0.3 is 6.18 Å². The minimum atomic E-state index is -4.59. The highest BCUT2D eigenvalue weighted by molar-refractivity contribution is 7.91. The first-order valence-electron chi connectivity index (χ1n) is 17.2. The van der Waals surface area contributed by atoms with Crippen molar-refractivity contribution in [2.75, 3.05) is 11.9 Å². The molecule has 4 aliphatic rings. The number of nitrogens with zero attached hydrogens (tertiary/aromatic N) is 2. The molecule has 3 amide bonds. The molecule has 0 bridgehead atoms. The molecular formula is C35H37ClF3N5O6S2. The molecule has 278 valence electrons. The van der Waals surface area contributed by atoms with Gasteiger partial charge in [-0.3, -0.25) is 19.1 Å². The van der Waals surface area contributed by atoms with Gasteiger partial charge in [0.05, 0.1) is 27.6 Å². The van der Waals surface area contributed by atoms with Crippen molar-refractivity contribution in [2.45, 2.75) is 92.9 Å². The minimum Gasteiger partial charge on any atom is -0.465 e. The number of thiazole rings is 1. The topological polar surface area (TPSA) is 147 Å². The lowest BCUT2D eigenvalue weighted by Crippen LogP contribution is -2.57. The Hall–Kier alpha value is -3.89. The molecule has 7 rings (SSSR count). The molecule has 2 saturated carbocycles. The lowest BCUT2D eigenvalue weighted by atomic mass is 10.0. The molecule has 3 heterocycles. The number of ether oxygens (including phenoxy) is 1. The minimum absolute atomic E-state index is 0.0170. The Morgan fingerprint density at radius 3 is 2.67 bits per heavy atom. The van der Waals surface area contributed by atoms with E-state index in [0.717, 1.165) is 23.3 Å². The molecule has 3 aromatic rings. The van der Waals surface area contributed by atoms with Gasteiger partial charge in [-0.05, 0) is 74.9 Å². The summed E-state index contributed by atoms with van der Waals surface area (Å²) < 4.78 is 75.4. The van der Waals surface area contributed by atoms with E-state index in [-0.39, 0.29) is 31.5 Å². The first kappa shape index (κ1) is 36.5. The van der Waals surface area contributed by atoms with Gasteiger partial charge in [-0.25, -0.2) is 13.4 Å². The fourth-order valence-corrected chi connectivity index (χ4v) is 9.43. The standard InChI is InChI=1S/C35H37ClF3N5O6S2/c36-22-11-14-26-29(16-22)51-33(41-26)50-24-17-28-30(45)42-34(32(47)43-52(48,49)25-12-13-25)18-21(34)7-4-2-1-3-5-10-27(31(46)44(28)19-24)40-23-9-6-8-20(15-23)35(37,38)39/h4,6-9,11,14-16,21,24-25,27-28,40H,1-3,5,10,12-13,17-19H2,(H,42,45)(H,43,47)/t21-,24-,27+,28+,34-/m1/s1. The number of fused-ring (bicyclic) bond motifs is 3. The molecule has 3 N–H and O–H groups in total. The van der Waals surface area contributed by atoms with Gasteiger partial charge in [-0.15, -0.1) is 0 Å². The highest BCUT2D eigenvalue weighted by Gasteiger charge is 2.62. The number of carbonyl (C=O) groups is 3. The lowest BCUT2D eigenvalue weighted by Gasteiger charge is -2.30. The molecular weight excluding hydrogens is 743 g/mol. The summed E-state index contributed by atoms with van der Waals surface area (Å²) in [5.74, 6) is -2.47. The van der Waals surface area contributed by atoms with E-state index < -0.39 is 74.4 Å². The Morgan fingerprint density at radius 2 is 1.90 bits per heavy atom. The number of anilines is 1. The Labute approximate surface area is 307 Å². The average Bonchev–Trinajstić information content (AvgIpc) is 3.98. The van der Waals surface area contributed by atoms with Crippen LogP contribution in [0.1, 0.15) is 63.4 Å². The molecule has 17 heteroatoms. The maximum atomic E-state index is 14.5. The van der Waals surface area contributed by atoms with E-state index >= 15 is 0 Å². The van der Waals surface area contributed by atoms with E-state index in [1.165, 1.54) is 28.4 Å². The highest BCUT2D eigenvalue weighted by atomic mass is 35.5. The summed E-state index contributed by atoms with van der Waals surface area (Å²) in [6, 6.07) is 7.65. The summed E-state index contributed by atoms with van der Waals surface area (Å²) >= 11 is 7.40. The van der Waals surface area contributed by atoms with Crippen molar-refractivity contribution in [3.05, 3.63) is 65.2 Å². The molecule has 52 heavy (non-hydrogen) atoms. The van der Waals surface area contributed by atoms with Crippen LogP contribution in [-0.4, -0.2) is 71.5 Å². The molecule has 2 aromatic carbocycles. The zero-order chi connectivity index (χ0) is 36.8. The molecule has 2 aliphatic heterocycles. The number of allylic oxidation sites excluding steroid dienone is 1. The van der Waals surface area contributed by atoms with Gasteiger partial charge in [-0.1, -0.05) is 54.0 Å². The Morgan fingerprint density at radius 1 is 1.10 bits per heavy atom. The number of aromatic nitrogens is 1. The number of nitrogens with one attached hydrogen (secondary N) is 3. The third kappa shape index (κ3) is 7.88. The molecule has 1 aromatic heterocycles. The van der Waals surface area contributed by atoms with E-state index in [2.05, 4.69) is 20.3 Å². The summed E-state index contributed by atoms with van der Waals surface area (Å²) in [4.78, 5) is 48.2. The van der Waals surface area contributed by atoms with Crippen molar-refractivity contribution < 1.29 is 40.7 Å². The van der Waals surface area contributed by atoms with Crippen LogP contribution < -0.4 is 20.1 Å². The maximum Gasteiger partial charge on any atom is 0.416 e. The summed E-state index contributed by atoms with van der Waals surface area (Å²) in [6.07, 6.45) is 2.47.